The van der Waals surface area contributed by atoms with Crippen molar-refractivity contribution in [1.29, 1.82) is 0 Å². The number of hydrogen-bond acceptors (Lipinski definition) is 0. The van der Waals surface area contributed by atoms with Crippen LogP contribution in [-0.4, -0.2) is 19.1 Å². The van der Waals surface area contributed by atoms with E-state index in [4.69, 9.17) is 0 Å². The van der Waals surface area contributed by atoms with Gasteiger partial charge in [-0.2, -0.15) is 0 Å². The van der Waals surface area contributed by atoms with Gasteiger partial charge in [0, 0.05) is 0 Å². The topological polar surface area (TPSA) is 4.93 Å². The van der Waals surface area contributed by atoms with Crippen LogP contribution in [0.3, 0.4) is 0 Å². The third kappa shape index (κ3) is 4.75. The molecule has 0 radical (unpaired) electrons. The molecule has 0 amide bonds. The van der Waals surface area contributed by atoms with E-state index in [1.54, 1.807) is 0 Å². The molecule has 2 heterocycles. The van der Waals surface area contributed by atoms with Crippen molar-refractivity contribution >= 4 is 98.7 Å². The fourth-order valence-electron chi connectivity index (χ4n) is 10.4. The molecule has 0 aliphatic carbocycles. The Morgan fingerprint density at radius 2 is 0.617 bits per heavy atom. The Bertz CT molecular complexity index is 3720. The Kier molecular flexibility index (Phi) is 7.39. The van der Waals surface area contributed by atoms with Crippen molar-refractivity contribution in [1.82, 2.24) is 4.57 Å². The van der Waals surface area contributed by atoms with Crippen LogP contribution in [0.2, 0.25) is 0 Å². The van der Waals surface area contributed by atoms with Crippen molar-refractivity contribution in [2.45, 2.75) is 0 Å². The first-order valence-corrected chi connectivity index (χ1v) is 22.4. The molecular formula is C58H35NSe. The van der Waals surface area contributed by atoms with E-state index in [0.29, 0.717) is 0 Å². The van der Waals surface area contributed by atoms with Crippen molar-refractivity contribution in [2.75, 3.05) is 0 Å². The van der Waals surface area contributed by atoms with E-state index < -0.39 is 0 Å². The van der Waals surface area contributed by atoms with E-state index in [9.17, 15) is 0 Å². The number of nitrogens with zero attached hydrogens (tertiary/aromatic N) is 1. The summed E-state index contributed by atoms with van der Waals surface area (Å²) >= 11 is 0.154. The Hall–Kier alpha value is -7.22. The second-order valence-electron chi connectivity index (χ2n) is 15.9. The summed E-state index contributed by atoms with van der Waals surface area (Å²) in [6.45, 7) is 0. The van der Waals surface area contributed by atoms with Gasteiger partial charge in [0.05, 0.1) is 0 Å². The van der Waals surface area contributed by atoms with Crippen molar-refractivity contribution < 1.29 is 0 Å². The number of aromatic nitrogens is 1. The van der Waals surface area contributed by atoms with Crippen molar-refractivity contribution in [3.8, 4) is 39.1 Å². The van der Waals surface area contributed by atoms with Crippen LogP contribution in [0.25, 0.3) is 123 Å². The predicted molar refractivity (Wildman–Crippen MR) is 259 cm³/mol. The maximum atomic E-state index is 2.51. The van der Waals surface area contributed by atoms with Gasteiger partial charge < -0.3 is 0 Å². The molecule has 0 atom stereocenters. The quantitative estimate of drug-likeness (QED) is 0.123. The van der Waals surface area contributed by atoms with Gasteiger partial charge in [-0.25, -0.2) is 0 Å². The Morgan fingerprint density at radius 3 is 1.07 bits per heavy atom. The summed E-state index contributed by atoms with van der Waals surface area (Å²) in [4.78, 5) is 0. The average Bonchev–Trinajstić information content (AvgIpc) is 3.87. The fourth-order valence-corrected chi connectivity index (χ4v) is 12.8. The number of rotatable bonds is 4. The number of para-hydroxylation sites is 2. The molecule has 13 aromatic rings. The Morgan fingerprint density at radius 1 is 0.267 bits per heavy atom. The molecule has 13 rings (SSSR count). The van der Waals surface area contributed by atoms with Gasteiger partial charge in [0.15, 0.2) is 0 Å². The molecule has 0 bridgehead atoms. The van der Waals surface area contributed by atoms with Gasteiger partial charge in [0.2, 0.25) is 0 Å². The first kappa shape index (κ1) is 33.7. The summed E-state index contributed by atoms with van der Waals surface area (Å²) in [6.07, 6.45) is 0. The second-order valence-corrected chi connectivity index (χ2v) is 18.1. The zero-order valence-electron chi connectivity index (χ0n) is 32.6. The van der Waals surface area contributed by atoms with Gasteiger partial charge in [-0.15, -0.1) is 0 Å². The van der Waals surface area contributed by atoms with Crippen molar-refractivity contribution in [2.24, 2.45) is 0 Å². The van der Waals surface area contributed by atoms with Gasteiger partial charge in [-0.05, 0) is 0 Å². The second kappa shape index (κ2) is 13.1. The summed E-state index contributed by atoms with van der Waals surface area (Å²) < 4.78 is 5.40. The third-order valence-electron chi connectivity index (χ3n) is 12.8. The van der Waals surface area contributed by atoms with Crippen LogP contribution in [-0.2, 0) is 0 Å². The average molecular weight is 825 g/mol. The standard InChI is InChI=1S/C58H35NSe/c1-2-18-36(19-3-1)53-39-22-4-6-24-41(39)54(42-25-7-5-23-40(42)53)47-30-16-34-51-56(47)57-48(31-17-35-52(57)60-51)55-43-26-8-10-28-45(43)58(46-29-11-9-27-44(46)55)59-49-32-14-12-20-37(49)38-21-13-15-33-50(38)59/h1-35H. The molecule has 0 spiro atoms. The van der Waals surface area contributed by atoms with Crippen LogP contribution in [0.5, 0.6) is 0 Å². The molecular weight excluding hydrogens is 790 g/mol. The van der Waals surface area contributed by atoms with E-state index in [-0.39, 0.29) is 14.5 Å². The molecule has 11 aromatic carbocycles. The van der Waals surface area contributed by atoms with Crippen LogP contribution in [0.4, 0.5) is 0 Å². The Balaban J connectivity index is 1.17. The minimum absolute atomic E-state index is 0.154. The van der Waals surface area contributed by atoms with Crippen LogP contribution >= 0.6 is 0 Å². The van der Waals surface area contributed by atoms with E-state index in [2.05, 4.69) is 217 Å². The van der Waals surface area contributed by atoms with Crippen molar-refractivity contribution in [3.63, 3.8) is 0 Å². The number of hydrogen-bond donors (Lipinski definition) is 0. The summed E-state index contributed by atoms with van der Waals surface area (Å²) in [5, 5.41) is 15.5. The number of fused-ring (bicyclic) bond motifs is 10. The molecule has 60 heavy (non-hydrogen) atoms. The molecule has 1 nitrogen and oxygen atoms in total. The Labute approximate surface area is 352 Å². The van der Waals surface area contributed by atoms with Gasteiger partial charge in [0.1, 0.15) is 0 Å². The van der Waals surface area contributed by atoms with Crippen LogP contribution in [0.15, 0.2) is 212 Å². The molecule has 2 heteroatoms. The van der Waals surface area contributed by atoms with Gasteiger partial charge in [-0.3, -0.25) is 0 Å². The van der Waals surface area contributed by atoms with E-state index >= 15 is 0 Å². The molecule has 0 saturated heterocycles. The zero-order chi connectivity index (χ0) is 39.3. The maximum absolute atomic E-state index is 2.51. The van der Waals surface area contributed by atoms with E-state index in [1.165, 1.54) is 123 Å². The zero-order valence-corrected chi connectivity index (χ0v) is 34.3. The monoisotopic (exact) mass is 825 g/mol. The van der Waals surface area contributed by atoms with Gasteiger partial charge >= 0.3 is 355 Å². The van der Waals surface area contributed by atoms with E-state index in [0.717, 1.165) is 0 Å². The minimum atomic E-state index is 0.154. The molecule has 0 aliphatic heterocycles. The molecule has 0 saturated carbocycles. The third-order valence-corrected chi connectivity index (χ3v) is 15.1. The first-order valence-electron chi connectivity index (χ1n) is 20.7. The van der Waals surface area contributed by atoms with Crippen LogP contribution in [0, 0.1) is 0 Å². The van der Waals surface area contributed by atoms with Crippen LogP contribution < -0.4 is 0 Å². The molecule has 0 unspecified atom stereocenters. The normalized spacial score (nSPS) is 12.0. The first-order chi connectivity index (χ1) is 29.8. The summed E-state index contributed by atoms with van der Waals surface area (Å²) in [7, 11) is 0. The number of benzene rings is 11. The van der Waals surface area contributed by atoms with Crippen LogP contribution in [0.1, 0.15) is 0 Å². The van der Waals surface area contributed by atoms with E-state index in [1.807, 2.05) is 0 Å². The molecule has 0 aliphatic rings. The summed E-state index contributed by atoms with van der Waals surface area (Å²) in [6, 6.07) is 79.1. The predicted octanol–water partition coefficient (Wildman–Crippen LogP) is 15.8. The summed E-state index contributed by atoms with van der Waals surface area (Å²) in [5.41, 5.74) is 11.4. The summed E-state index contributed by atoms with van der Waals surface area (Å²) in [5.74, 6) is 0. The molecule has 0 N–H and O–H groups in total. The molecule has 2 aromatic heterocycles. The van der Waals surface area contributed by atoms with Crippen molar-refractivity contribution in [3.05, 3.63) is 212 Å². The fraction of sp³-hybridized carbons (Fsp3) is 0. The van der Waals surface area contributed by atoms with Gasteiger partial charge in [0.25, 0.3) is 0 Å². The van der Waals surface area contributed by atoms with Gasteiger partial charge in [-0.1, -0.05) is 0 Å². The molecule has 0 fully saturated rings. The SMILES string of the molecule is c1ccc(-c2c3ccccc3c(-c3cccc4[se]c5cccc(-c6c7ccccc7c(-n7c8ccccc8c8ccccc87)c7ccccc67)c5c34)c3ccccc23)cc1. The molecule has 278 valence electrons.